The Kier molecular flexibility index (Phi) is 6.12. The van der Waals surface area contributed by atoms with Gasteiger partial charge in [0.05, 0.1) is 17.7 Å². The number of hydrogen-bond donors (Lipinski definition) is 0. The molecule has 1 aromatic rings. The van der Waals surface area contributed by atoms with Gasteiger partial charge in [-0.1, -0.05) is 18.2 Å². The summed E-state index contributed by atoms with van der Waals surface area (Å²) in [7, 11) is 0. The fourth-order valence-electron chi connectivity index (χ4n) is 1.31. The minimum absolute atomic E-state index is 0.0424. The molecule has 0 aliphatic carbocycles. The van der Waals surface area contributed by atoms with Crippen molar-refractivity contribution in [3.63, 3.8) is 0 Å². The van der Waals surface area contributed by atoms with E-state index in [1.165, 1.54) is 24.3 Å². The summed E-state index contributed by atoms with van der Waals surface area (Å²) in [6, 6.07) is 5.81. The molecule has 0 aromatic heterocycles. The van der Waals surface area contributed by atoms with Crippen LogP contribution >= 0.6 is 0 Å². The predicted octanol–water partition coefficient (Wildman–Crippen LogP) is 2.05. The summed E-state index contributed by atoms with van der Waals surface area (Å²) in [6.45, 7) is 3.43. The molecular weight excluding hydrogens is 264 g/mol. The van der Waals surface area contributed by atoms with Crippen LogP contribution in [0, 0.1) is 0 Å². The van der Waals surface area contributed by atoms with Crippen LogP contribution < -0.4 is 0 Å². The van der Waals surface area contributed by atoms with Crippen LogP contribution in [0.2, 0.25) is 0 Å². The Morgan fingerprint density at radius 2 is 1.70 bits per heavy atom. The summed E-state index contributed by atoms with van der Waals surface area (Å²) in [5, 5.41) is 0. The van der Waals surface area contributed by atoms with Crippen LogP contribution in [0.1, 0.15) is 34.6 Å². The second kappa shape index (κ2) is 7.85. The van der Waals surface area contributed by atoms with E-state index in [1.807, 2.05) is 0 Å². The molecule has 20 heavy (non-hydrogen) atoms. The molecule has 106 valence electrons. The molecule has 0 saturated heterocycles. The standard InChI is InChI=1S/C14H14O6/c1-3-7-12(15)19-13(16)10-8-5-6-9-11(10)14(17)20-18-4-2/h3,5-9H,4H2,1-2H3. The molecule has 0 radical (unpaired) electrons. The summed E-state index contributed by atoms with van der Waals surface area (Å²) >= 11 is 0. The van der Waals surface area contributed by atoms with Crippen molar-refractivity contribution in [2.24, 2.45) is 0 Å². The number of carbonyl (C=O) groups excluding carboxylic acids is 3. The lowest BCUT2D eigenvalue weighted by atomic mass is 10.1. The quantitative estimate of drug-likeness (QED) is 0.270. The molecule has 6 heteroatoms. The number of carbonyl (C=O) groups is 3. The summed E-state index contributed by atoms with van der Waals surface area (Å²) in [4.78, 5) is 43.7. The SMILES string of the molecule is CC=CC(=O)OC(=O)c1ccccc1C(=O)OOCC. The number of esters is 2. The highest BCUT2D eigenvalue weighted by atomic mass is 17.2. The third kappa shape index (κ3) is 4.33. The van der Waals surface area contributed by atoms with Crippen molar-refractivity contribution in [1.82, 2.24) is 0 Å². The highest BCUT2D eigenvalue weighted by Gasteiger charge is 2.21. The molecule has 0 saturated carbocycles. The van der Waals surface area contributed by atoms with Gasteiger partial charge in [-0.25, -0.2) is 14.4 Å². The molecule has 1 rings (SSSR count). The monoisotopic (exact) mass is 278 g/mol. The first-order chi connectivity index (χ1) is 9.60. The molecule has 0 amide bonds. The Hall–Kier alpha value is -2.47. The maximum atomic E-state index is 11.8. The van der Waals surface area contributed by atoms with Gasteiger partial charge in [0, 0.05) is 6.08 Å². The third-order valence-corrected chi connectivity index (χ3v) is 2.12. The van der Waals surface area contributed by atoms with E-state index in [0.717, 1.165) is 6.08 Å². The van der Waals surface area contributed by atoms with Gasteiger partial charge in [-0.3, -0.25) is 4.89 Å². The van der Waals surface area contributed by atoms with Crippen molar-refractivity contribution in [2.75, 3.05) is 6.61 Å². The van der Waals surface area contributed by atoms with Crippen molar-refractivity contribution >= 4 is 17.9 Å². The van der Waals surface area contributed by atoms with Crippen molar-refractivity contribution < 1.29 is 28.9 Å². The molecule has 0 atom stereocenters. The fourth-order valence-corrected chi connectivity index (χ4v) is 1.31. The maximum Gasteiger partial charge on any atom is 0.373 e. The summed E-state index contributed by atoms with van der Waals surface area (Å²) in [5.74, 6) is -2.58. The van der Waals surface area contributed by atoms with E-state index in [9.17, 15) is 14.4 Å². The summed E-state index contributed by atoms with van der Waals surface area (Å²) in [5.41, 5.74) is -0.116. The topological polar surface area (TPSA) is 78.9 Å². The van der Waals surface area contributed by atoms with Crippen LogP contribution in [0.25, 0.3) is 0 Å². The Labute approximate surface area is 115 Å². The molecule has 0 N–H and O–H groups in total. The molecule has 0 fully saturated rings. The molecule has 0 heterocycles. The first-order valence-corrected chi connectivity index (χ1v) is 5.91. The van der Waals surface area contributed by atoms with E-state index in [1.54, 1.807) is 19.9 Å². The van der Waals surface area contributed by atoms with E-state index >= 15 is 0 Å². The number of hydrogen-bond acceptors (Lipinski definition) is 6. The number of allylic oxidation sites excluding steroid dienone is 1. The van der Waals surface area contributed by atoms with Gasteiger partial charge in [0.2, 0.25) is 0 Å². The number of rotatable bonds is 5. The Bertz CT molecular complexity index is 532. The highest BCUT2D eigenvalue weighted by molar-refractivity contribution is 6.06. The minimum atomic E-state index is -0.933. The Morgan fingerprint density at radius 1 is 1.10 bits per heavy atom. The van der Waals surface area contributed by atoms with Crippen LogP contribution in [0.3, 0.4) is 0 Å². The summed E-state index contributed by atoms with van der Waals surface area (Å²) < 4.78 is 4.56. The van der Waals surface area contributed by atoms with Gasteiger partial charge in [-0.2, -0.15) is 4.89 Å². The number of ether oxygens (including phenoxy) is 1. The molecule has 0 unspecified atom stereocenters. The molecule has 6 nitrogen and oxygen atoms in total. The van der Waals surface area contributed by atoms with Crippen molar-refractivity contribution in [3.05, 3.63) is 47.5 Å². The Morgan fingerprint density at radius 3 is 2.25 bits per heavy atom. The smallest absolute Gasteiger partial charge is 0.373 e. The zero-order chi connectivity index (χ0) is 15.0. The lowest BCUT2D eigenvalue weighted by molar-refractivity contribution is -0.236. The predicted molar refractivity (Wildman–Crippen MR) is 68.7 cm³/mol. The van der Waals surface area contributed by atoms with Gasteiger partial charge in [0.25, 0.3) is 0 Å². The molecular formula is C14H14O6. The van der Waals surface area contributed by atoms with Crippen molar-refractivity contribution in [3.8, 4) is 0 Å². The van der Waals surface area contributed by atoms with Crippen LogP contribution in [-0.4, -0.2) is 24.5 Å². The van der Waals surface area contributed by atoms with E-state index in [2.05, 4.69) is 14.5 Å². The van der Waals surface area contributed by atoms with E-state index in [0.29, 0.717) is 0 Å². The fraction of sp³-hybridized carbons (Fsp3) is 0.214. The highest BCUT2D eigenvalue weighted by Crippen LogP contribution is 2.12. The number of benzene rings is 1. The molecule has 1 aromatic carbocycles. The summed E-state index contributed by atoms with van der Waals surface area (Å²) in [6.07, 6.45) is 2.53. The van der Waals surface area contributed by atoms with Gasteiger partial charge in [-0.15, -0.1) is 0 Å². The van der Waals surface area contributed by atoms with E-state index < -0.39 is 17.9 Å². The second-order valence-electron chi connectivity index (χ2n) is 3.53. The second-order valence-corrected chi connectivity index (χ2v) is 3.53. The van der Waals surface area contributed by atoms with Crippen LogP contribution in [-0.2, 0) is 19.3 Å². The van der Waals surface area contributed by atoms with Crippen molar-refractivity contribution in [1.29, 1.82) is 0 Å². The Balaban J connectivity index is 2.92. The normalized spacial score (nSPS) is 10.3. The van der Waals surface area contributed by atoms with Gasteiger partial charge < -0.3 is 4.74 Å². The van der Waals surface area contributed by atoms with Gasteiger partial charge in [0.1, 0.15) is 0 Å². The van der Waals surface area contributed by atoms with Crippen molar-refractivity contribution in [2.45, 2.75) is 13.8 Å². The van der Waals surface area contributed by atoms with E-state index in [-0.39, 0.29) is 17.7 Å². The van der Waals surface area contributed by atoms with Gasteiger partial charge in [0.15, 0.2) is 0 Å². The minimum Gasteiger partial charge on any atom is -0.386 e. The lowest BCUT2D eigenvalue weighted by Gasteiger charge is -2.06. The van der Waals surface area contributed by atoms with Crippen LogP contribution in [0.15, 0.2) is 36.4 Å². The van der Waals surface area contributed by atoms with Gasteiger partial charge in [-0.05, 0) is 26.0 Å². The molecule has 0 aliphatic rings. The van der Waals surface area contributed by atoms with Crippen LogP contribution in [0.5, 0.6) is 0 Å². The average Bonchev–Trinajstić information content (AvgIpc) is 2.44. The first kappa shape index (κ1) is 15.6. The first-order valence-electron chi connectivity index (χ1n) is 5.91. The molecule has 0 aliphatic heterocycles. The average molecular weight is 278 g/mol. The maximum absolute atomic E-state index is 11.8. The molecule has 0 bridgehead atoms. The third-order valence-electron chi connectivity index (χ3n) is 2.12. The van der Waals surface area contributed by atoms with E-state index in [4.69, 9.17) is 0 Å². The van der Waals surface area contributed by atoms with Crippen LogP contribution in [0.4, 0.5) is 0 Å². The largest absolute Gasteiger partial charge is 0.386 e. The zero-order valence-corrected chi connectivity index (χ0v) is 11.1. The zero-order valence-electron chi connectivity index (χ0n) is 11.1. The molecule has 0 spiro atoms. The lowest BCUT2D eigenvalue weighted by Crippen LogP contribution is -2.16. The van der Waals surface area contributed by atoms with Gasteiger partial charge >= 0.3 is 17.9 Å².